The highest BCUT2D eigenvalue weighted by molar-refractivity contribution is 6.20. The lowest BCUT2D eigenvalue weighted by atomic mass is 10.1. The summed E-state index contributed by atoms with van der Waals surface area (Å²) >= 11 is 0. The molecule has 9 aromatic rings. The minimum atomic E-state index is 0. The molecule has 76 heavy (non-hydrogen) atoms. The first-order valence-electron chi connectivity index (χ1n) is 25.1. The fourth-order valence-corrected chi connectivity index (χ4v) is 7.42. The van der Waals surface area contributed by atoms with E-state index in [1.807, 2.05) is 217 Å². The molecule has 11 N–H and O–H groups in total. The summed E-state index contributed by atoms with van der Waals surface area (Å²) in [5, 5.41) is 28.1. The van der Waals surface area contributed by atoms with E-state index in [4.69, 9.17) is 51.6 Å². The molecule has 6 aromatic carbocycles. The van der Waals surface area contributed by atoms with Crippen molar-refractivity contribution in [2.75, 3.05) is 0 Å². The number of nitrogens with one attached hydrogen (secondary N) is 3. The Balaban J connectivity index is 0.000000665. The maximum absolute atomic E-state index is 8.45. The highest BCUT2D eigenvalue weighted by Gasteiger charge is 2.22. The quantitative estimate of drug-likeness (QED) is 0.0830. The lowest BCUT2D eigenvalue weighted by molar-refractivity contribution is 1.19. The normalized spacial score (nSPS) is 9.92. The van der Waals surface area contributed by atoms with E-state index in [9.17, 15) is 0 Å². The van der Waals surface area contributed by atoms with Gasteiger partial charge in [-0.15, -0.1) is 0 Å². The zero-order valence-electron chi connectivity index (χ0n) is 45.4. The van der Waals surface area contributed by atoms with Crippen LogP contribution in [0, 0.1) is 28.1 Å². The van der Waals surface area contributed by atoms with E-state index >= 15 is 0 Å². The molecule has 12 rings (SSSR count). The van der Waals surface area contributed by atoms with Crippen LogP contribution in [-0.2, 0) is 0 Å². The van der Waals surface area contributed by atoms with Crippen molar-refractivity contribution in [3.8, 4) is 57.7 Å². The van der Waals surface area contributed by atoms with Gasteiger partial charge in [0.1, 0.15) is 40.6 Å². The van der Waals surface area contributed by atoms with Crippen LogP contribution in [0.2, 0.25) is 0 Å². The van der Waals surface area contributed by atoms with Crippen molar-refractivity contribution in [3.63, 3.8) is 0 Å². The van der Waals surface area contributed by atoms with Gasteiger partial charge in [-0.05, 0) is 12.1 Å². The molecule has 3 aliphatic rings. The van der Waals surface area contributed by atoms with Crippen molar-refractivity contribution >= 4 is 55.8 Å². The molecule has 0 unspecified atom stereocenters. The van der Waals surface area contributed by atoms with Crippen molar-refractivity contribution in [1.29, 1.82) is 15.9 Å². The Labute approximate surface area is 448 Å². The zero-order chi connectivity index (χ0) is 53.5. The third kappa shape index (κ3) is 14.1. The number of rotatable bonds is 0. The minimum Gasteiger partial charge on any atom is -0.383 e. The second-order valence-electron chi connectivity index (χ2n) is 14.0. The van der Waals surface area contributed by atoms with Crippen molar-refractivity contribution in [2.24, 2.45) is 10.7 Å². The number of hydrogen-bond donors (Lipinski definition) is 6. The summed E-state index contributed by atoms with van der Waals surface area (Å²) in [4.78, 5) is 40.6. The zero-order valence-corrected chi connectivity index (χ0v) is 45.4. The maximum Gasteiger partial charge on any atom is 0.164 e. The van der Waals surface area contributed by atoms with Gasteiger partial charge in [0.05, 0.1) is 11.1 Å². The molecular formula is C61H75N15. The molecule has 15 heteroatoms. The third-order valence-corrected chi connectivity index (χ3v) is 10.3. The van der Waals surface area contributed by atoms with Crippen molar-refractivity contribution in [1.82, 2.24) is 52.2 Å². The first-order chi connectivity index (χ1) is 36.0. The second kappa shape index (κ2) is 32.7. The first kappa shape index (κ1) is 64.7. The predicted molar refractivity (Wildman–Crippen MR) is 321 cm³/mol. The molecule has 3 aromatic heterocycles. The van der Waals surface area contributed by atoms with Crippen LogP contribution in [0.5, 0.6) is 0 Å². The smallest absolute Gasteiger partial charge is 0.164 e. The molecule has 394 valence electrons. The van der Waals surface area contributed by atoms with Crippen LogP contribution in [0.25, 0.3) is 89.7 Å². The Hall–Kier alpha value is -9.28. The molecule has 0 spiro atoms. The number of nitriles is 2. The van der Waals surface area contributed by atoms with Crippen LogP contribution >= 0.6 is 0 Å². The van der Waals surface area contributed by atoms with Gasteiger partial charge in [-0.2, -0.15) is 10.5 Å². The number of aromatic amines is 2. The molecule has 3 aliphatic heterocycles. The first-order valence-corrected chi connectivity index (χ1v) is 25.1. The number of nitrogens with zero attached hydrogens (tertiary/aromatic N) is 9. The van der Waals surface area contributed by atoms with Crippen molar-refractivity contribution in [2.45, 2.75) is 90.5 Å². The van der Waals surface area contributed by atoms with Crippen LogP contribution in [0.3, 0.4) is 0 Å². The SMILES string of the molecule is C.CC.CC.CC.CC.CC.CC.N.N.N#Cc1ccccc1C#N.N=C1N=C(N)c2ccccc21.c1ccc2c(c1)-c1nc-2nc2[nH]c(nc3nc(nc4[nH]c(n1)c1ccccc41)-c1ccccc1-3)c1ccccc21. The molecule has 8 bridgehead atoms. The van der Waals surface area contributed by atoms with E-state index in [1.165, 1.54) is 0 Å². The van der Waals surface area contributed by atoms with Gasteiger partial charge in [-0.1, -0.05) is 224 Å². The predicted octanol–water partition coefficient (Wildman–Crippen LogP) is 16.1. The van der Waals surface area contributed by atoms with E-state index in [2.05, 4.69) is 15.0 Å². The van der Waals surface area contributed by atoms with Crippen molar-refractivity contribution < 1.29 is 0 Å². The number of H-pyrrole nitrogens is 2. The summed E-state index contributed by atoms with van der Waals surface area (Å²) in [7, 11) is 0. The molecule has 0 fully saturated rings. The largest absolute Gasteiger partial charge is 0.383 e. The van der Waals surface area contributed by atoms with Gasteiger partial charge in [-0.3, -0.25) is 5.41 Å². The molecule has 0 amide bonds. The average Bonchev–Trinajstić information content (AvgIpc) is 4.28. The van der Waals surface area contributed by atoms with Gasteiger partial charge in [-0.25, -0.2) is 34.9 Å². The van der Waals surface area contributed by atoms with Crippen LogP contribution in [0.15, 0.2) is 151 Å². The minimum absolute atomic E-state index is 0. The number of nitrogens with two attached hydrogens (primary N) is 1. The van der Waals surface area contributed by atoms with Gasteiger partial charge < -0.3 is 28.0 Å². The van der Waals surface area contributed by atoms with E-state index < -0.39 is 0 Å². The number of amidine groups is 2. The molecular weight excluding hydrogens is 943 g/mol. The summed E-state index contributed by atoms with van der Waals surface area (Å²) in [6.45, 7) is 24.0. The van der Waals surface area contributed by atoms with Gasteiger partial charge in [0.15, 0.2) is 29.1 Å². The van der Waals surface area contributed by atoms with Gasteiger partial charge in [0.2, 0.25) is 0 Å². The van der Waals surface area contributed by atoms with Gasteiger partial charge >= 0.3 is 0 Å². The second-order valence-corrected chi connectivity index (χ2v) is 14.0. The molecule has 0 saturated carbocycles. The Morgan fingerprint density at radius 3 is 0.868 bits per heavy atom. The van der Waals surface area contributed by atoms with Crippen molar-refractivity contribution in [3.05, 3.63) is 168 Å². The fourth-order valence-electron chi connectivity index (χ4n) is 7.42. The molecule has 0 atom stereocenters. The Kier molecular flexibility index (Phi) is 27.9. The molecule has 0 aliphatic carbocycles. The highest BCUT2D eigenvalue weighted by Crippen LogP contribution is 2.36. The topological polar surface area (TPSA) is 289 Å². The van der Waals surface area contributed by atoms with E-state index in [1.54, 1.807) is 24.3 Å². The Morgan fingerprint density at radius 2 is 0.605 bits per heavy atom. The van der Waals surface area contributed by atoms with Crippen LogP contribution in [-0.4, -0.2) is 51.5 Å². The van der Waals surface area contributed by atoms with Crippen LogP contribution in [0.1, 0.15) is 113 Å². The molecule has 0 saturated heterocycles. The fraction of sp³-hybridized carbons (Fsp3) is 0.213. The van der Waals surface area contributed by atoms with E-state index in [-0.39, 0.29) is 25.6 Å². The Bertz CT molecular complexity index is 3220. The van der Waals surface area contributed by atoms with E-state index in [0.29, 0.717) is 62.8 Å². The maximum atomic E-state index is 8.45. The van der Waals surface area contributed by atoms with Gasteiger partial charge in [0.25, 0.3) is 0 Å². The number of fused-ring (bicyclic) bond motifs is 21. The number of hydrogen-bond acceptors (Lipinski definition) is 12. The molecule has 15 nitrogen and oxygen atoms in total. The Morgan fingerprint density at radius 1 is 0.368 bits per heavy atom. The number of aliphatic imine (C=N–C) groups is 1. The third-order valence-electron chi connectivity index (χ3n) is 10.3. The molecule has 0 radical (unpaired) electrons. The van der Waals surface area contributed by atoms with Gasteiger partial charge in [0, 0.05) is 54.9 Å². The lowest BCUT2D eigenvalue weighted by Gasteiger charge is -1.96. The standard InChI is InChI=1S/C32H18N8.C8H7N3.C8H4N2.6C2H6.CH4.2H3N/c1-2-10-18-17(9-1)25-33-26(18)38-28-21-13-5-6-14-22(21)30(35-28)40-32-24-16-8-7-15-23(24)31(36-32)39-29-20-12-4-3-11-19(20)27(34-29)37-25;9-7-5-3-1-2-4-6(5)8(10)11-7;9-5-7-3-1-2-4-8(7)6-10;6*1-2;;;/h1-16H,(H2,33,34,35,36,37,38,39,40);1-4H,(H3,9,10,11);1-4H;6*1-2H3;1H4;2*1H3. The summed E-state index contributed by atoms with van der Waals surface area (Å²) in [5.41, 5.74) is 14.6. The highest BCUT2D eigenvalue weighted by atomic mass is 15.1. The average molecular weight is 1020 g/mol. The number of benzene rings is 6. The summed E-state index contributed by atoms with van der Waals surface area (Å²) in [5.74, 6) is 3.10. The monoisotopic (exact) mass is 1020 g/mol. The molecule has 6 heterocycles. The summed E-state index contributed by atoms with van der Waals surface area (Å²) < 4.78 is 0. The summed E-state index contributed by atoms with van der Waals surface area (Å²) in [6, 6.07) is 50.3. The summed E-state index contributed by atoms with van der Waals surface area (Å²) in [6.07, 6.45) is 0. The number of aromatic nitrogens is 8. The van der Waals surface area contributed by atoms with Crippen LogP contribution < -0.4 is 18.0 Å². The van der Waals surface area contributed by atoms with E-state index in [0.717, 1.165) is 54.9 Å². The lowest BCUT2D eigenvalue weighted by Crippen LogP contribution is -2.09. The van der Waals surface area contributed by atoms with Crippen LogP contribution in [0.4, 0.5) is 0 Å².